The number of ether oxygens (including phenoxy) is 1. The Hall–Kier alpha value is -2.34. The third-order valence-electron chi connectivity index (χ3n) is 4.41. The molecule has 1 unspecified atom stereocenters. The number of aromatic amines is 1. The van der Waals surface area contributed by atoms with Crippen LogP contribution >= 0.6 is 0 Å². The molecule has 0 fully saturated rings. The zero-order valence-electron chi connectivity index (χ0n) is 15.7. The van der Waals surface area contributed by atoms with Gasteiger partial charge in [0.15, 0.2) is 5.78 Å². The van der Waals surface area contributed by atoms with Gasteiger partial charge in [0, 0.05) is 5.69 Å². The summed E-state index contributed by atoms with van der Waals surface area (Å²) in [6, 6.07) is 3.45. The molecule has 2 aromatic rings. The van der Waals surface area contributed by atoms with E-state index in [-0.39, 0.29) is 11.8 Å². The average molecular weight is 346 g/mol. The van der Waals surface area contributed by atoms with E-state index in [1.165, 1.54) is 0 Å². The Bertz CT molecular complexity index is 772. The minimum absolute atomic E-state index is 0.0677. The van der Waals surface area contributed by atoms with Gasteiger partial charge in [0.1, 0.15) is 11.5 Å². The number of H-pyrrole nitrogens is 1. The van der Waals surface area contributed by atoms with E-state index in [1.54, 1.807) is 20.8 Å². The molecule has 6 heteroatoms. The number of carbonyl (C=O) groups is 2. The van der Waals surface area contributed by atoms with Crippen LogP contribution in [-0.2, 0) is 11.3 Å². The number of esters is 1. The summed E-state index contributed by atoms with van der Waals surface area (Å²) in [6.45, 7) is 9.87. The number of hydrogen-bond donors (Lipinski definition) is 1. The van der Waals surface area contributed by atoms with Crippen LogP contribution in [0.4, 0.5) is 0 Å². The SMILES string of the molecule is CCOC(=O)c1c(C)[nH]c(C(=O)C(C)N(C)Cc2ccc(C)o2)c1C. The van der Waals surface area contributed by atoms with Gasteiger partial charge in [-0.2, -0.15) is 0 Å². The molecule has 0 radical (unpaired) electrons. The second-order valence-corrected chi connectivity index (χ2v) is 6.31. The van der Waals surface area contributed by atoms with Crippen molar-refractivity contribution < 1.29 is 18.7 Å². The van der Waals surface area contributed by atoms with Crippen molar-refractivity contribution in [1.29, 1.82) is 0 Å². The second kappa shape index (κ2) is 7.70. The summed E-state index contributed by atoms with van der Waals surface area (Å²) in [5.41, 5.74) is 2.18. The monoisotopic (exact) mass is 346 g/mol. The highest BCUT2D eigenvalue weighted by Gasteiger charge is 2.27. The number of aryl methyl sites for hydroxylation is 2. The molecule has 0 aliphatic carbocycles. The van der Waals surface area contributed by atoms with Crippen LogP contribution in [0.5, 0.6) is 0 Å². The van der Waals surface area contributed by atoms with E-state index < -0.39 is 5.97 Å². The van der Waals surface area contributed by atoms with E-state index in [0.29, 0.717) is 35.7 Å². The summed E-state index contributed by atoms with van der Waals surface area (Å²) in [5.74, 6) is 1.19. The first kappa shape index (κ1) is 19.0. The molecule has 0 saturated heterocycles. The molecule has 0 aliphatic heterocycles. The maximum atomic E-state index is 12.9. The Balaban J connectivity index is 2.19. The zero-order chi connectivity index (χ0) is 18.7. The first-order valence-corrected chi connectivity index (χ1v) is 8.42. The third-order valence-corrected chi connectivity index (χ3v) is 4.41. The van der Waals surface area contributed by atoms with Gasteiger partial charge in [-0.15, -0.1) is 0 Å². The van der Waals surface area contributed by atoms with Crippen LogP contribution in [0.15, 0.2) is 16.5 Å². The summed E-state index contributed by atoms with van der Waals surface area (Å²) < 4.78 is 10.7. The first-order chi connectivity index (χ1) is 11.8. The summed E-state index contributed by atoms with van der Waals surface area (Å²) in [5, 5.41) is 0. The van der Waals surface area contributed by atoms with Crippen molar-refractivity contribution in [2.45, 2.75) is 47.2 Å². The van der Waals surface area contributed by atoms with Crippen molar-refractivity contribution >= 4 is 11.8 Å². The van der Waals surface area contributed by atoms with Crippen LogP contribution in [0.25, 0.3) is 0 Å². The van der Waals surface area contributed by atoms with Gasteiger partial charge < -0.3 is 14.1 Å². The zero-order valence-corrected chi connectivity index (χ0v) is 15.7. The average Bonchev–Trinajstić information content (AvgIpc) is 3.08. The van der Waals surface area contributed by atoms with Crippen LogP contribution in [-0.4, -0.2) is 41.3 Å². The van der Waals surface area contributed by atoms with Crippen molar-refractivity contribution in [1.82, 2.24) is 9.88 Å². The molecule has 0 aromatic carbocycles. The fourth-order valence-electron chi connectivity index (χ4n) is 2.87. The van der Waals surface area contributed by atoms with Gasteiger partial charge in [-0.05, 0) is 59.4 Å². The molecule has 136 valence electrons. The number of rotatable bonds is 7. The summed E-state index contributed by atoms with van der Waals surface area (Å²) in [6.07, 6.45) is 0. The van der Waals surface area contributed by atoms with Crippen LogP contribution in [0.2, 0.25) is 0 Å². The van der Waals surface area contributed by atoms with Crippen LogP contribution < -0.4 is 0 Å². The van der Waals surface area contributed by atoms with E-state index >= 15 is 0 Å². The predicted molar refractivity (Wildman–Crippen MR) is 94.9 cm³/mol. The van der Waals surface area contributed by atoms with Gasteiger partial charge in [-0.1, -0.05) is 0 Å². The lowest BCUT2D eigenvalue weighted by Crippen LogP contribution is -2.36. The number of nitrogens with one attached hydrogen (secondary N) is 1. The van der Waals surface area contributed by atoms with Gasteiger partial charge in [0.05, 0.1) is 30.5 Å². The molecule has 6 nitrogen and oxygen atoms in total. The smallest absolute Gasteiger partial charge is 0.340 e. The van der Waals surface area contributed by atoms with Gasteiger partial charge in [-0.3, -0.25) is 9.69 Å². The second-order valence-electron chi connectivity index (χ2n) is 6.31. The minimum atomic E-state index is -0.403. The number of furan rings is 1. The molecule has 0 amide bonds. The minimum Gasteiger partial charge on any atom is -0.465 e. The molecule has 1 atom stereocenters. The van der Waals surface area contributed by atoms with Gasteiger partial charge in [0.2, 0.25) is 0 Å². The number of aromatic nitrogens is 1. The molecule has 2 rings (SSSR count). The summed E-state index contributed by atoms with van der Waals surface area (Å²) >= 11 is 0. The molecule has 25 heavy (non-hydrogen) atoms. The number of likely N-dealkylation sites (N-methyl/N-ethyl adjacent to an activating group) is 1. The highest BCUT2D eigenvalue weighted by molar-refractivity contribution is 6.03. The fourth-order valence-corrected chi connectivity index (χ4v) is 2.87. The highest BCUT2D eigenvalue weighted by Crippen LogP contribution is 2.22. The normalized spacial score (nSPS) is 12.4. The van der Waals surface area contributed by atoms with E-state index in [1.807, 2.05) is 37.9 Å². The predicted octanol–water partition coefficient (Wildman–Crippen LogP) is 3.41. The lowest BCUT2D eigenvalue weighted by molar-refractivity contribution is 0.0525. The van der Waals surface area contributed by atoms with Crippen molar-refractivity contribution in [3.8, 4) is 0 Å². The standard InChI is InChI=1S/C19H26N2O4/c1-7-24-19(23)16-12(3)17(20-13(16)4)18(22)14(5)21(6)10-15-9-8-11(2)25-15/h8-9,14,20H,7,10H2,1-6H3. The topological polar surface area (TPSA) is 75.5 Å². The Morgan fingerprint density at radius 3 is 2.52 bits per heavy atom. The quantitative estimate of drug-likeness (QED) is 0.614. The Kier molecular flexibility index (Phi) is 5.85. The molecular weight excluding hydrogens is 320 g/mol. The Morgan fingerprint density at radius 1 is 1.28 bits per heavy atom. The van der Waals surface area contributed by atoms with Crippen molar-refractivity contribution in [3.05, 3.63) is 46.2 Å². The summed E-state index contributed by atoms with van der Waals surface area (Å²) in [7, 11) is 1.87. The van der Waals surface area contributed by atoms with Crippen molar-refractivity contribution in [3.63, 3.8) is 0 Å². The van der Waals surface area contributed by atoms with Gasteiger partial charge in [0.25, 0.3) is 0 Å². The molecule has 0 saturated carbocycles. The molecular formula is C19H26N2O4. The Morgan fingerprint density at radius 2 is 1.96 bits per heavy atom. The Labute approximate surface area is 148 Å². The largest absolute Gasteiger partial charge is 0.465 e. The molecule has 0 aliphatic rings. The molecule has 0 spiro atoms. The van der Waals surface area contributed by atoms with E-state index in [0.717, 1.165) is 11.5 Å². The molecule has 0 bridgehead atoms. The molecule has 2 aromatic heterocycles. The van der Waals surface area contributed by atoms with Gasteiger partial charge >= 0.3 is 5.97 Å². The number of hydrogen-bond acceptors (Lipinski definition) is 5. The number of carbonyl (C=O) groups excluding carboxylic acids is 2. The maximum Gasteiger partial charge on any atom is 0.340 e. The lowest BCUT2D eigenvalue weighted by Gasteiger charge is -2.22. The van der Waals surface area contributed by atoms with Crippen LogP contribution in [0, 0.1) is 20.8 Å². The number of Topliss-reactive ketones (excluding diaryl/α,β-unsaturated/α-hetero) is 1. The third kappa shape index (κ3) is 4.02. The fraction of sp³-hybridized carbons (Fsp3) is 0.474. The number of ketones is 1. The van der Waals surface area contributed by atoms with E-state index in [9.17, 15) is 9.59 Å². The highest BCUT2D eigenvalue weighted by atomic mass is 16.5. The molecule has 2 heterocycles. The van der Waals surface area contributed by atoms with E-state index in [4.69, 9.17) is 9.15 Å². The lowest BCUT2D eigenvalue weighted by atomic mass is 10.0. The van der Waals surface area contributed by atoms with Crippen molar-refractivity contribution in [2.75, 3.05) is 13.7 Å². The maximum absolute atomic E-state index is 12.9. The van der Waals surface area contributed by atoms with Crippen LogP contribution in [0.1, 0.15) is 57.5 Å². The summed E-state index contributed by atoms with van der Waals surface area (Å²) in [4.78, 5) is 30.0. The molecule has 1 N–H and O–H groups in total. The van der Waals surface area contributed by atoms with Crippen molar-refractivity contribution in [2.24, 2.45) is 0 Å². The first-order valence-electron chi connectivity index (χ1n) is 8.42. The van der Waals surface area contributed by atoms with Gasteiger partial charge in [-0.25, -0.2) is 4.79 Å². The number of nitrogens with zero attached hydrogens (tertiary/aromatic N) is 1. The van der Waals surface area contributed by atoms with E-state index in [2.05, 4.69) is 4.98 Å². The van der Waals surface area contributed by atoms with Crippen LogP contribution in [0.3, 0.4) is 0 Å².